The van der Waals surface area contributed by atoms with Crippen LogP contribution < -0.4 is 11.1 Å². The second kappa shape index (κ2) is 7.63. The van der Waals surface area contributed by atoms with Gasteiger partial charge < -0.3 is 11.1 Å². The van der Waals surface area contributed by atoms with Gasteiger partial charge in [-0.15, -0.1) is 12.4 Å². The van der Waals surface area contributed by atoms with E-state index in [1.165, 1.54) is 0 Å². The van der Waals surface area contributed by atoms with E-state index in [4.69, 9.17) is 5.73 Å². The van der Waals surface area contributed by atoms with Crippen molar-refractivity contribution in [2.24, 2.45) is 11.7 Å². The standard InChI is InChI=1S/C16H18BrN3O3.ClH/c17-10-4-5-11-12(6-10)16(23)20(15(11)22)8-14(21)19-13-3-1-2-9(13)7-18;/h4-6,9,13H,1-3,7-8,18H2,(H,19,21);1H. The number of halogens is 2. The summed E-state index contributed by atoms with van der Waals surface area (Å²) >= 11 is 3.28. The Morgan fingerprint density at radius 2 is 1.96 bits per heavy atom. The van der Waals surface area contributed by atoms with Crippen LogP contribution in [0.5, 0.6) is 0 Å². The number of nitrogens with one attached hydrogen (secondary N) is 1. The number of carbonyl (C=O) groups excluding carboxylic acids is 3. The lowest BCUT2D eigenvalue weighted by Gasteiger charge is -2.21. The Balaban J connectivity index is 0.00000208. The summed E-state index contributed by atoms with van der Waals surface area (Å²) in [5.41, 5.74) is 6.38. The SMILES string of the molecule is Cl.NCC1CCCC1NC(=O)CN1C(=O)c2ccc(Br)cc2C1=O. The van der Waals surface area contributed by atoms with Gasteiger partial charge in [-0.1, -0.05) is 22.4 Å². The summed E-state index contributed by atoms with van der Waals surface area (Å²) in [7, 11) is 0. The Morgan fingerprint density at radius 3 is 2.67 bits per heavy atom. The zero-order valence-corrected chi connectivity index (χ0v) is 15.4. The summed E-state index contributed by atoms with van der Waals surface area (Å²) in [5, 5.41) is 2.91. The van der Waals surface area contributed by atoms with E-state index >= 15 is 0 Å². The molecule has 2 aliphatic rings. The predicted octanol–water partition coefficient (Wildman–Crippen LogP) is 1.71. The number of carbonyl (C=O) groups is 3. The van der Waals surface area contributed by atoms with Crippen molar-refractivity contribution in [3.8, 4) is 0 Å². The molecule has 1 aromatic rings. The van der Waals surface area contributed by atoms with Gasteiger partial charge in [0, 0.05) is 10.5 Å². The van der Waals surface area contributed by atoms with E-state index in [9.17, 15) is 14.4 Å². The molecule has 0 saturated heterocycles. The van der Waals surface area contributed by atoms with Gasteiger partial charge in [-0.25, -0.2) is 0 Å². The molecule has 1 heterocycles. The first kappa shape index (κ1) is 18.9. The quantitative estimate of drug-likeness (QED) is 0.731. The van der Waals surface area contributed by atoms with E-state index in [2.05, 4.69) is 21.2 Å². The van der Waals surface area contributed by atoms with Crippen molar-refractivity contribution in [1.29, 1.82) is 0 Å². The lowest BCUT2D eigenvalue weighted by molar-refractivity contribution is -0.122. The van der Waals surface area contributed by atoms with E-state index in [-0.39, 0.29) is 36.8 Å². The molecule has 0 spiro atoms. The van der Waals surface area contributed by atoms with Gasteiger partial charge in [0.2, 0.25) is 5.91 Å². The van der Waals surface area contributed by atoms with Gasteiger partial charge in [0.05, 0.1) is 11.1 Å². The van der Waals surface area contributed by atoms with Crippen molar-refractivity contribution < 1.29 is 14.4 Å². The summed E-state index contributed by atoms with van der Waals surface area (Å²) in [6, 6.07) is 4.95. The molecular weight excluding hydrogens is 398 g/mol. The van der Waals surface area contributed by atoms with E-state index in [1.54, 1.807) is 18.2 Å². The predicted molar refractivity (Wildman–Crippen MR) is 95.1 cm³/mol. The Bertz CT molecular complexity index is 683. The molecule has 1 saturated carbocycles. The van der Waals surface area contributed by atoms with Gasteiger partial charge in [-0.05, 0) is 43.5 Å². The highest BCUT2D eigenvalue weighted by Crippen LogP contribution is 2.27. The van der Waals surface area contributed by atoms with Crippen LogP contribution >= 0.6 is 28.3 Å². The van der Waals surface area contributed by atoms with Crippen LogP contribution in [0.1, 0.15) is 40.0 Å². The lowest BCUT2D eigenvalue weighted by atomic mass is 10.0. The molecule has 24 heavy (non-hydrogen) atoms. The summed E-state index contributed by atoms with van der Waals surface area (Å²) in [6.07, 6.45) is 2.93. The van der Waals surface area contributed by atoms with Crippen LogP contribution in [0.3, 0.4) is 0 Å². The van der Waals surface area contributed by atoms with E-state index < -0.39 is 11.8 Å². The smallest absolute Gasteiger partial charge is 0.262 e. The normalized spacial score (nSPS) is 22.3. The monoisotopic (exact) mass is 415 g/mol. The Morgan fingerprint density at radius 1 is 1.25 bits per heavy atom. The van der Waals surface area contributed by atoms with Crippen LogP contribution in [0.25, 0.3) is 0 Å². The van der Waals surface area contributed by atoms with E-state index in [1.807, 2.05) is 0 Å². The molecule has 6 nitrogen and oxygen atoms in total. The van der Waals surface area contributed by atoms with Crippen LogP contribution in [-0.2, 0) is 4.79 Å². The molecule has 130 valence electrons. The number of nitrogens with two attached hydrogens (primary N) is 1. The molecule has 2 unspecified atom stereocenters. The molecule has 1 aromatic carbocycles. The molecular formula is C16H19BrClN3O3. The fourth-order valence-electron chi connectivity index (χ4n) is 3.31. The summed E-state index contributed by atoms with van der Waals surface area (Å²) in [6.45, 7) is 0.281. The van der Waals surface area contributed by atoms with Crippen LogP contribution in [0.15, 0.2) is 22.7 Å². The average molecular weight is 417 g/mol. The average Bonchev–Trinajstić information content (AvgIpc) is 3.06. The lowest BCUT2D eigenvalue weighted by Crippen LogP contribution is -2.46. The maximum absolute atomic E-state index is 12.3. The maximum Gasteiger partial charge on any atom is 0.262 e. The zero-order chi connectivity index (χ0) is 16.6. The molecule has 1 fully saturated rings. The highest BCUT2D eigenvalue weighted by molar-refractivity contribution is 9.10. The number of benzene rings is 1. The molecule has 0 radical (unpaired) electrons. The van der Waals surface area contributed by atoms with Gasteiger partial charge in [-0.2, -0.15) is 0 Å². The third-order valence-electron chi connectivity index (χ3n) is 4.54. The molecule has 0 aromatic heterocycles. The zero-order valence-electron chi connectivity index (χ0n) is 13.0. The van der Waals surface area contributed by atoms with Crippen LogP contribution in [-0.4, -0.2) is 41.8 Å². The molecule has 0 bridgehead atoms. The van der Waals surface area contributed by atoms with E-state index in [0.29, 0.717) is 17.7 Å². The van der Waals surface area contributed by atoms with Crippen molar-refractivity contribution >= 4 is 46.1 Å². The van der Waals surface area contributed by atoms with E-state index in [0.717, 1.165) is 28.6 Å². The maximum atomic E-state index is 12.3. The van der Waals surface area contributed by atoms with Crippen molar-refractivity contribution in [1.82, 2.24) is 10.2 Å². The van der Waals surface area contributed by atoms with Crippen LogP contribution in [0.4, 0.5) is 0 Å². The fraction of sp³-hybridized carbons (Fsp3) is 0.438. The molecule has 3 N–H and O–H groups in total. The minimum atomic E-state index is -0.428. The highest BCUT2D eigenvalue weighted by Gasteiger charge is 2.37. The van der Waals surface area contributed by atoms with Crippen LogP contribution in [0.2, 0.25) is 0 Å². The van der Waals surface area contributed by atoms with Gasteiger partial charge in [0.1, 0.15) is 6.54 Å². The van der Waals surface area contributed by atoms with Crippen molar-refractivity contribution in [2.75, 3.05) is 13.1 Å². The molecule has 1 aliphatic heterocycles. The van der Waals surface area contributed by atoms with Crippen molar-refractivity contribution in [2.45, 2.75) is 25.3 Å². The van der Waals surface area contributed by atoms with Crippen molar-refractivity contribution in [3.63, 3.8) is 0 Å². The second-order valence-electron chi connectivity index (χ2n) is 5.99. The fourth-order valence-corrected chi connectivity index (χ4v) is 3.67. The Kier molecular flexibility index (Phi) is 6.01. The number of hydrogen-bond donors (Lipinski definition) is 2. The summed E-state index contributed by atoms with van der Waals surface area (Å²) in [4.78, 5) is 37.9. The molecule has 3 rings (SSSR count). The highest BCUT2D eigenvalue weighted by atomic mass is 79.9. The first-order valence-electron chi connectivity index (χ1n) is 7.66. The third kappa shape index (κ3) is 3.48. The molecule has 1 aliphatic carbocycles. The number of nitrogens with zero attached hydrogens (tertiary/aromatic N) is 1. The van der Waals surface area contributed by atoms with Gasteiger partial charge >= 0.3 is 0 Å². The second-order valence-corrected chi connectivity index (χ2v) is 6.90. The topological polar surface area (TPSA) is 92.5 Å². The Labute approximate surface area is 154 Å². The minimum Gasteiger partial charge on any atom is -0.351 e. The minimum absolute atomic E-state index is 0. The largest absolute Gasteiger partial charge is 0.351 e. The first-order chi connectivity index (χ1) is 11.0. The van der Waals surface area contributed by atoms with Gasteiger partial charge in [0.25, 0.3) is 11.8 Å². The first-order valence-corrected chi connectivity index (χ1v) is 8.45. The van der Waals surface area contributed by atoms with Gasteiger partial charge in [0.15, 0.2) is 0 Å². The van der Waals surface area contributed by atoms with Crippen LogP contribution in [0, 0.1) is 5.92 Å². The number of amides is 3. The van der Waals surface area contributed by atoms with Crippen molar-refractivity contribution in [3.05, 3.63) is 33.8 Å². The number of hydrogen-bond acceptors (Lipinski definition) is 4. The number of imide groups is 1. The summed E-state index contributed by atoms with van der Waals surface area (Å²) in [5.74, 6) is -0.890. The molecule has 2 atom stereocenters. The summed E-state index contributed by atoms with van der Waals surface area (Å²) < 4.78 is 0.723. The molecule has 3 amide bonds. The number of fused-ring (bicyclic) bond motifs is 1. The Hall–Kier alpha value is -1.44. The number of rotatable bonds is 4. The molecule has 8 heteroatoms. The third-order valence-corrected chi connectivity index (χ3v) is 5.04. The van der Waals surface area contributed by atoms with Gasteiger partial charge in [-0.3, -0.25) is 19.3 Å².